The van der Waals surface area contributed by atoms with Gasteiger partial charge >= 0.3 is 6.09 Å². The number of rotatable bonds is 8. The number of carbonyl (C=O) groups excluding carboxylic acids is 2. The Morgan fingerprint density at radius 2 is 1.60 bits per heavy atom. The van der Waals surface area contributed by atoms with Gasteiger partial charge in [-0.3, -0.25) is 4.79 Å². The topological polar surface area (TPSA) is 76.7 Å². The standard InChI is InChI=1S/C23H29ClN2O4/c1-5-20(26-22(28)30-23(2,3)4)21(27)25-14-16-8-12-19(13-9-16)29-15-17-6-10-18(24)11-7-17/h6-13,20H,5,14-15H2,1-4H3,(H,25,27)(H,26,28)/t20-/m0/s1. The van der Waals surface area contributed by atoms with Gasteiger partial charge in [-0.1, -0.05) is 42.8 Å². The normalized spacial score (nSPS) is 12.0. The van der Waals surface area contributed by atoms with Crippen molar-refractivity contribution in [2.45, 2.75) is 58.9 Å². The van der Waals surface area contributed by atoms with Crippen LogP contribution in [-0.2, 0) is 22.7 Å². The summed E-state index contributed by atoms with van der Waals surface area (Å²) < 4.78 is 11.0. The van der Waals surface area contributed by atoms with Crippen molar-refractivity contribution in [2.24, 2.45) is 0 Å². The zero-order chi connectivity index (χ0) is 22.1. The molecule has 0 aliphatic carbocycles. The Labute approximate surface area is 182 Å². The Morgan fingerprint density at radius 1 is 1.00 bits per heavy atom. The van der Waals surface area contributed by atoms with Gasteiger partial charge in [-0.2, -0.15) is 0 Å². The molecule has 2 aromatic rings. The Kier molecular flexibility index (Phi) is 8.54. The van der Waals surface area contributed by atoms with Gasteiger partial charge in [-0.05, 0) is 62.6 Å². The minimum Gasteiger partial charge on any atom is -0.489 e. The quantitative estimate of drug-likeness (QED) is 0.625. The Bertz CT molecular complexity index is 830. The zero-order valence-corrected chi connectivity index (χ0v) is 18.6. The summed E-state index contributed by atoms with van der Waals surface area (Å²) in [5.74, 6) is 0.476. The SMILES string of the molecule is CC[C@H](NC(=O)OC(C)(C)C)C(=O)NCc1ccc(OCc2ccc(Cl)cc2)cc1. The second-order valence-electron chi connectivity index (χ2n) is 7.88. The minimum absolute atomic E-state index is 0.258. The fourth-order valence-corrected chi connectivity index (χ4v) is 2.69. The van der Waals surface area contributed by atoms with E-state index in [1.54, 1.807) is 20.8 Å². The van der Waals surface area contributed by atoms with Crippen molar-refractivity contribution in [3.05, 3.63) is 64.7 Å². The van der Waals surface area contributed by atoms with Crippen LogP contribution in [0.1, 0.15) is 45.2 Å². The van der Waals surface area contributed by atoms with E-state index in [0.29, 0.717) is 24.6 Å². The first-order valence-corrected chi connectivity index (χ1v) is 10.3. The van der Waals surface area contributed by atoms with Crippen molar-refractivity contribution < 1.29 is 19.1 Å². The highest BCUT2D eigenvalue weighted by Crippen LogP contribution is 2.16. The molecule has 162 valence electrons. The average molecular weight is 433 g/mol. The molecular weight excluding hydrogens is 404 g/mol. The van der Waals surface area contributed by atoms with Gasteiger partial charge in [-0.15, -0.1) is 0 Å². The van der Waals surface area contributed by atoms with E-state index in [2.05, 4.69) is 10.6 Å². The van der Waals surface area contributed by atoms with Gasteiger partial charge in [-0.25, -0.2) is 4.79 Å². The van der Waals surface area contributed by atoms with E-state index in [1.165, 1.54) is 0 Å². The largest absolute Gasteiger partial charge is 0.489 e. The number of nitrogens with one attached hydrogen (secondary N) is 2. The van der Waals surface area contributed by atoms with Gasteiger partial charge in [0.2, 0.25) is 5.91 Å². The molecule has 2 aromatic carbocycles. The van der Waals surface area contributed by atoms with E-state index in [-0.39, 0.29) is 5.91 Å². The molecule has 30 heavy (non-hydrogen) atoms. The lowest BCUT2D eigenvalue weighted by Crippen LogP contribution is -2.47. The summed E-state index contributed by atoms with van der Waals surface area (Å²) in [6.45, 7) is 7.95. The summed E-state index contributed by atoms with van der Waals surface area (Å²) in [6.07, 6.45) is -0.144. The Hall–Kier alpha value is -2.73. The number of alkyl carbamates (subject to hydrolysis) is 1. The maximum Gasteiger partial charge on any atom is 0.408 e. The van der Waals surface area contributed by atoms with E-state index >= 15 is 0 Å². The number of hydrogen-bond acceptors (Lipinski definition) is 4. The molecule has 0 aliphatic heterocycles. The predicted molar refractivity (Wildman–Crippen MR) is 118 cm³/mol. The van der Waals surface area contributed by atoms with Crippen molar-refractivity contribution >= 4 is 23.6 Å². The van der Waals surface area contributed by atoms with Crippen LogP contribution in [0.2, 0.25) is 5.02 Å². The van der Waals surface area contributed by atoms with Crippen LogP contribution in [0, 0.1) is 0 Å². The third-order valence-corrected chi connectivity index (χ3v) is 4.38. The summed E-state index contributed by atoms with van der Waals surface area (Å²) in [5, 5.41) is 6.13. The first kappa shape index (κ1) is 23.5. The van der Waals surface area contributed by atoms with Gasteiger partial charge in [0.05, 0.1) is 0 Å². The molecule has 7 heteroatoms. The highest BCUT2D eigenvalue weighted by Gasteiger charge is 2.22. The van der Waals surface area contributed by atoms with Crippen LogP contribution >= 0.6 is 11.6 Å². The fourth-order valence-electron chi connectivity index (χ4n) is 2.57. The van der Waals surface area contributed by atoms with Gasteiger partial charge in [0.15, 0.2) is 0 Å². The average Bonchev–Trinajstić information content (AvgIpc) is 2.69. The minimum atomic E-state index is -0.651. The fraction of sp³-hybridized carbons (Fsp3) is 0.391. The van der Waals surface area contributed by atoms with Crippen LogP contribution in [0.5, 0.6) is 5.75 Å². The molecule has 0 aliphatic rings. The number of hydrogen-bond donors (Lipinski definition) is 2. The Morgan fingerprint density at radius 3 is 2.17 bits per heavy atom. The molecule has 0 bridgehead atoms. The molecule has 2 rings (SSSR count). The molecule has 0 saturated heterocycles. The summed E-state index contributed by atoms with van der Waals surface area (Å²) in [7, 11) is 0. The predicted octanol–water partition coefficient (Wildman–Crippen LogP) is 4.84. The van der Waals surface area contributed by atoms with Crippen LogP contribution in [0.4, 0.5) is 4.79 Å². The van der Waals surface area contributed by atoms with Gasteiger partial charge in [0.25, 0.3) is 0 Å². The highest BCUT2D eigenvalue weighted by atomic mass is 35.5. The van der Waals surface area contributed by atoms with E-state index < -0.39 is 17.7 Å². The highest BCUT2D eigenvalue weighted by molar-refractivity contribution is 6.30. The van der Waals surface area contributed by atoms with Crippen LogP contribution in [0.25, 0.3) is 0 Å². The lowest BCUT2D eigenvalue weighted by Gasteiger charge is -2.22. The molecule has 2 amide bonds. The molecular formula is C23H29ClN2O4. The van der Waals surface area contributed by atoms with Crippen LogP contribution in [0.15, 0.2) is 48.5 Å². The van der Waals surface area contributed by atoms with Gasteiger partial charge < -0.3 is 20.1 Å². The molecule has 0 unspecified atom stereocenters. The molecule has 0 spiro atoms. The first-order chi connectivity index (χ1) is 14.2. The zero-order valence-electron chi connectivity index (χ0n) is 17.8. The van der Waals surface area contributed by atoms with Crippen LogP contribution < -0.4 is 15.4 Å². The van der Waals surface area contributed by atoms with E-state index in [9.17, 15) is 9.59 Å². The lowest BCUT2D eigenvalue weighted by molar-refractivity contribution is -0.123. The van der Waals surface area contributed by atoms with Crippen LogP contribution in [0.3, 0.4) is 0 Å². The number of benzene rings is 2. The van der Waals surface area contributed by atoms with Gasteiger partial charge in [0.1, 0.15) is 24.0 Å². The first-order valence-electron chi connectivity index (χ1n) is 9.89. The number of ether oxygens (including phenoxy) is 2. The number of amides is 2. The van der Waals surface area contributed by atoms with Gasteiger partial charge in [0, 0.05) is 11.6 Å². The maximum atomic E-state index is 12.4. The molecule has 0 aromatic heterocycles. The maximum absolute atomic E-state index is 12.4. The van der Waals surface area contributed by atoms with Crippen molar-refractivity contribution in [3.63, 3.8) is 0 Å². The Balaban J connectivity index is 1.80. The molecule has 2 N–H and O–H groups in total. The van der Waals surface area contributed by atoms with Crippen LogP contribution in [-0.4, -0.2) is 23.6 Å². The summed E-state index contributed by atoms with van der Waals surface area (Å²) in [5.41, 5.74) is 1.34. The van der Waals surface area contributed by atoms with Crippen molar-refractivity contribution in [1.29, 1.82) is 0 Å². The van der Waals surface area contributed by atoms with Crippen molar-refractivity contribution in [2.75, 3.05) is 0 Å². The third kappa shape index (κ3) is 8.33. The molecule has 6 nitrogen and oxygen atoms in total. The van der Waals surface area contributed by atoms with E-state index in [0.717, 1.165) is 16.9 Å². The summed E-state index contributed by atoms with van der Waals surface area (Å²) in [4.78, 5) is 24.3. The molecule has 0 fully saturated rings. The smallest absolute Gasteiger partial charge is 0.408 e. The molecule has 0 radical (unpaired) electrons. The molecule has 1 atom stereocenters. The van der Waals surface area contributed by atoms with E-state index in [4.69, 9.17) is 21.1 Å². The van der Waals surface area contributed by atoms with Crippen molar-refractivity contribution in [1.82, 2.24) is 10.6 Å². The lowest BCUT2D eigenvalue weighted by atomic mass is 10.2. The number of halogens is 1. The monoisotopic (exact) mass is 432 g/mol. The molecule has 0 saturated carbocycles. The third-order valence-electron chi connectivity index (χ3n) is 4.12. The second kappa shape index (κ2) is 10.9. The summed E-state index contributed by atoms with van der Waals surface area (Å²) >= 11 is 5.88. The molecule has 0 heterocycles. The second-order valence-corrected chi connectivity index (χ2v) is 8.32. The number of carbonyl (C=O) groups is 2. The van der Waals surface area contributed by atoms with E-state index in [1.807, 2.05) is 55.5 Å². The van der Waals surface area contributed by atoms with Crippen molar-refractivity contribution in [3.8, 4) is 5.75 Å². The summed E-state index contributed by atoms with van der Waals surface area (Å²) in [6, 6.07) is 14.3.